The van der Waals surface area contributed by atoms with Crippen LogP contribution in [0.15, 0.2) is 78.2 Å². The molecule has 2 aromatic heterocycles. The van der Waals surface area contributed by atoms with Gasteiger partial charge >= 0.3 is 0 Å². The number of rotatable bonds is 6. The maximum absolute atomic E-state index is 12.5. The smallest absolute Gasteiger partial charge is 0.250 e. The zero-order chi connectivity index (χ0) is 22.0. The number of aromatic hydroxyl groups is 1. The summed E-state index contributed by atoms with van der Waals surface area (Å²) in [6.07, 6.45) is 4.64. The lowest BCUT2D eigenvalue weighted by molar-refractivity contribution is -0.114. The van der Waals surface area contributed by atoms with Crippen molar-refractivity contribution in [3.8, 4) is 16.9 Å². The highest BCUT2D eigenvalue weighted by Gasteiger charge is 2.18. The lowest BCUT2D eigenvalue weighted by Crippen LogP contribution is -2.32. The molecule has 7 nitrogen and oxygen atoms in total. The van der Waals surface area contributed by atoms with Crippen molar-refractivity contribution in [2.75, 3.05) is 17.2 Å². The Morgan fingerprint density at radius 2 is 2.00 bits per heavy atom. The van der Waals surface area contributed by atoms with Gasteiger partial charge in [0, 0.05) is 30.5 Å². The summed E-state index contributed by atoms with van der Waals surface area (Å²) in [6.45, 7) is 4.51. The lowest BCUT2D eigenvalue weighted by Gasteiger charge is -2.21. The Bertz CT molecular complexity index is 1270. The number of fused-ring (bicyclic) bond motifs is 1. The Balaban J connectivity index is 1.74. The van der Waals surface area contributed by atoms with Crippen LogP contribution in [-0.4, -0.2) is 32.1 Å². The van der Waals surface area contributed by atoms with Crippen LogP contribution in [0.4, 0.5) is 11.5 Å². The molecular formula is C23H20BrN5O2. The number of nitrogen functional groups attached to an aromatic ring is 1. The quantitative estimate of drug-likeness (QED) is 0.402. The molecular weight excluding hydrogens is 458 g/mol. The highest BCUT2D eigenvalue weighted by molar-refractivity contribution is 9.10. The molecule has 0 unspecified atom stereocenters. The van der Waals surface area contributed by atoms with Crippen LogP contribution in [-0.2, 0) is 11.3 Å². The number of halogens is 1. The molecule has 1 amide bonds. The van der Waals surface area contributed by atoms with E-state index in [1.165, 1.54) is 12.4 Å². The van der Waals surface area contributed by atoms with Gasteiger partial charge in [-0.3, -0.25) is 4.79 Å². The van der Waals surface area contributed by atoms with E-state index in [2.05, 4.69) is 32.5 Å². The minimum absolute atomic E-state index is 0.126. The van der Waals surface area contributed by atoms with Crippen molar-refractivity contribution >= 4 is 44.4 Å². The van der Waals surface area contributed by atoms with Crippen LogP contribution in [0.3, 0.4) is 0 Å². The van der Waals surface area contributed by atoms with E-state index in [0.717, 1.165) is 16.8 Å². The Morgan fingerprint density at radius 1 is 1.23 bits per heavy atom. The van der Waals surface area contributed by atoms with Crippen LogP contribution >= 0.6 is 15.9 Å². The molecule has 0 aliphatic rings. The first kappa shape index (κ1) is 20.6. The van der Waals surface area contributed by atoms with Gasteiger partial charge in [-0.15, -0.1) is 0 Å². The number of amides is 1. The molecule has 2 aromatic carbocycles. The predicted octanol–water partition coefficient (Wildman–Crippen LogP) is 4.37. The van der Waals surface area contributed by atoms with Crippen LogP contribution in [0.2, 0.25) is 0 Å². The van der Waals surface area contributed by atoms with E-state index in [0.29, 0.717) is 34.4 Å². The van der Waals surface area contributed by atoms with E-state index >= 15 is 0 Å². The summed E-state index contributed by atoms with van der Waals surface area (Å²) in [5, 5.41) is 10.8. The second kappa shape index (κ2) is 8.61. The van der Waals surface area contributed by atoms with Crippen molar-refractivity contribution in [2.45, 2.75) is 6.54 Å². The number of para-hydroxylation sites is 1. The maximum atomic E-state index is 12.5. The molecule has 4 aromatic rings. The van der Waals surface area contributed by atoms with Crippen molar-refractivity contribution in [3.05, 3.63) is 78.2 Å². The van der Waals surface area contributed by atoms with E-state index in [1.807, 2.05) is 47.2 Å². The van der Waals surface area contributed by atoms with E-state index in [9.17, 15) is 9.90 Å². The fraction of sp³-hybridized carbons (Fsp3) is 0.0870. The summed E-state index contributed by atoms with van der Waals surface area (Å²) in [5.74, 6) is 0.291. The molecule has 0 saturated carbocycles. The summed E-state index contributed by atoms with van der Waals surface area (Å²) in [5.41, 5.74) is 9.21. The van der Waals surface area contributed by atoms with Gasteiger partial charge in [0.2, 0.25) is 5.91 Å². The summed E-state index contributed by atoms with van der Waals surface area (Å²) in [6, 6.07) is 14.7. The zero-order valence-electron chi connectivity index (χ0n) is 16.6. The molecule has 31 heavy (non-hydrogen) atoms. The number of anilines is 2. The molecule has 0 aliphatic heterocycles. The molecule has 2 heterocycles. The number of benzene rings is 2. The minimum atomic E-state index is -0.185. The summed E-state index contributed by atoms with van der Waals surface area (Å²) < 4.78 is 2.54. The first-order chi connectivity index (χ1) is 15.0. The monoisotopic (exact) mass is 477 g/mol. The fourth-order valence-electron chi connectivity index (χ4n) is 3.51. The van der Waals surface area contributed by atoms with Crippen molar-refractivity contribution in [1.82, 2.24) is 14.5 Å². The zero-order valence-corrected chi connectivity index (χ0v) is 18.2. The van der Waals surface area contributed by atoms with Crippen molar-refractivity contribution in [2.24, 2.45) is 0 Å². The molecule has 0 aliphatic carbocycles. The van der Waals surface area contributed by atoms with Gasteiger partial charge in [-0.2, -0.15) is 0 Å². The largest absolute Gasteiger partial charge is 0.507 e. The molecule has 156 valence electrons. The Morgan fingerprint density at radius 3 is 2.71 bits per heavy atom. The Hall–Kier alpha value is -3.65. The van der Waals surface area contributed by atoms with E-state index in [4.69, 9.17) is 5.73 Å². The highest BCUT2D eigenvalue weighted by Crippen LogP contribution is 2.36. The van der Waals surface area contributed by atoms with Crippen LogP contribution < -0.4 is 10.6 Å². The highest BCUT2D eigenvalue weighted by atomic mass is 79.9. The normalized spacial score (nSPS) is 10.9. The van der Waals surface area contributed by atoms with Gasteiger partial charge in [0.25, 0.3) is 0 Å². The van der Waals surface area contributed by atoms with Gasteiger partial charge in [-0.1, -0.05) is 30.8 Å². The fourth-order valence-corrected chi connectivity index (χ4v) is 3.76. The molecule has 4 rings (SSSR count). The maximum Gasteiger partial charge on any atom is 0.250 e. The van der Waals surface area contributed by atoms with Crippen LogP contribution in [0.25, 0.3) is 22.2 Å². The average molecular weight is 478 g/mol. The lowest BCUT2D eigenvalue weighted by atomic mass is 10.1. The number of nitrogens with two attached hydrogens (primary N) is 1. The SMILES string of the molecule is C=CC(=O)N(CCn1cc(-c2ccc(Br)c(O)c2)c2c(N)ncnc21)c1ccccc1. The number of hydrogen-bond acceptors (Lipinski definition) is 5. The van der Waals surface area contributed by atoms with Crippen LogP contribution in [0.1, 0.15) is 0 Å². The number of carbonyl (C=O) groups is 1. The summed E-state index contributed by atoms with van der Waals surface area (Å²) in [7, 11) is 0. The summed E-state index contributed by atoms with van der Waals surface area (Å²) >= 11 is 3.30. The molecule has 3 N–H and O–H groups in total. The first-order valence-corrected chi connectivity index (χ1v) is 10.4. The summed E-state index contributed by atoms with van der Waals surface area (Å²) in [4.78, 5) is 22.7. The average Bonchev–Trinajstić information content (AvgIpc) is 3.16. The topological polar surface area (TPSA) is 97.3 Å². The van der Waals surface area contributed by atoms with Crippen molar-refractivity contribution in [3.63, 3.8) is 0 Å². The third-order valence-corrected chi connectivity index (χ3v) is 5.68. The molecule has 0 radical (unpaired) electrons. The molecule has 0 spiro atoms. The van der Waals surface area contributed by atoms with E-state index in [-0.39, 0.29) is 11.7 Å². The van der Waals surface area contributed by atoms with Crippen molar-refractivity contribution < 1.29 is 9.90 Å². The number of aromatic nitrogens is 3. The van der Waals surface area contributed by atoms with Gasteiger partial charge in [-0.05, 0) is 51.8 Å². The van der Waals surface area contributed by atoms with Gasteiger partial charge in [-0.25, -0.2) is 9.97 Å². The van der Waals surface area contributed by atoms with Gasteiger partial charge in [0.1, 0.15) is 23.5 Å². The number of phenolic OH excluding ortho intramolecular Hbond substituents is 1. The molecule has 0 bridgehead atoms. The third kappa shape index (κ3) is 4.02. The number of nitrogens with zero attached hydrogens (tertiary/aromatic N) is 4. The van der Waals surface area contributed by atoms with Gasteiger partial charge < -0.3 is 20.3 Å². The van der Waals surface area contributed by atoms with Crippen molar-refractivity contribution in [1.29, 1.82) is 0 Å². The van der Waals surface area contributed by atoms with Gasteiger partial charge in [0.15, 0.2) is 0 Å². The van der Waals surface area contributed by atoms with E-state index in [1.54, 1.807) is 17.0 Å². The first-order valence-electron chi connectivity index (χ1n) is 9.56. The molecule has 0 atom stereocenters. The molecule has 0 fully saturated rings. The molecule has 0 saturated heterocycles. The minimum Gasteiger partial charge on any atom is -0.507 e. The predicted molar refractivity (Wildman–Crippen MR) is 126 cm³/mol. The van der Waals surface area contributed by atoms with Crippen LogP contribution in [0.5, 0.6) is 5.75 Å². The second-order valence-electron chi connectivity index (χ2n) is 6.89. The Kier molecular flexibility index (Phi) is 5.73. The number of phenols is 1. The van der Waals surface area contributed by atoms with Crippen LogP contribution in [0, 0.1) is 0 Å². The van der Waals surface area contributed by atoms with Gasteiger partial charge in [0.05, 0.1) is 9.86 Å². The third-order valence-electron chi connectivity index (χ3n) is 5.01. The Labute approximate surface area is 187 Å². The van der Waals surface area contributed by atoms with E-state index < -0.39 is 0 Å². The number of hydrogen-bond donors (Lipinski definition) is 2. The molecule has 8 heteroatoms. The second-order valence-corrected chi connectivity index (χ2v) is 7.74. The number of carbonyl (C=O) groups excluding carboxylic acids is 1. The standard InChI is InChI=1S/C23H20BrN5O2/c1-2-20(31)29(16-6-4-3-5-7-16)11-10-28-13-17(15-8-9-18(24)19(30)12-15)21-22(25)26-14-27-23(21)28/h2-9,12-14,30H,1,10-11H2,(H2,25,26,27).